The molecule has 0 spiro atoms. The van der Waals surface area contributed by atoms with Crippen LogP contribution in [0.2, 0.25) is 5.02 Å². The SMILES string of the molecule is COC(C)CCC(O)c1ccc(Cl)cc1F. The summed E-state index contributed by atoms with van der Waals surface area (Å²) < 4.78 is 18.5. The third-order valence-electron chi connectivity index (χ3n) is 2.57. The van der Waals surface area contributed by atoms with Gasteiger partial charge in [0.25, 0.3) is 0 Å². The fourth-order valence-corrected chi connectivity index (χ4v) is 1.60. The van der Waals surface area contributed by atoms with Crippen LogP contribution in [0, 0.1) is 5.82 Å². The van der Waals surface area contributed by atoms with Gasteiger partial charge in [-0.3, -0.25) is 0 Å². The summed E-state index contributed by atoms with van der Waals surface area (Å²) in [4.78, 5) is 0. The minimum Gasteiger partial charge on any atom is -0.388 e. The Morgan fingerprint density at radius 1 is 1.44 bits per heavy atom. The van der Waals surface area contributed by atoms with Crippen LogP contribution in [-0.4, -0.2) is 18.3 Å². The molecule has 1 N–H and O–H groups in total. The highest BCUT2D eigenvalue weighted by atomic mass is 35.5. The Hall–Kier alpha value is -0.640. The number of hydrogen-bond donors (Lipinski definition) is 1. The van der Waals surface area contributed by atoms with Gasteiger partial charge in [-0.05, 0) is 31.9 Å². The van der Waals surface area contributed by atoms with Gasteiger partial charge in [0.1, 0.15) is 5.82 Å². The summed E-state index contributed by atoms with van der Waals surface area (Å²) in [6.07, 6.45) is 0.396. The standard InChI is InChI=1S/C12H16ClFO2/c1-8(16-2)3-6-12(15)10-5-4-9(13)7-11(10)14/h4-5,7-8,12,15H,3,6H2,1-2H3. The molecule has 0 radical (unpaired) electrons. The van der Waals surface area contributed by atoms with E-state index in [2.05, 4.69) is 0 Å². The number of ether oxygens (including phenoxy) is 1. The zero-order chi connectivity index (χ0) is 12.1. The quantitative estimate of drug-likeness (QED) is 0.864. The second kappa shape index (κ2) is 6.18. The Morgan fingerprint density at radius 3 is 2.69 bits per heavy atom. The first-order valence-corrected chi connectivity index (χ1v) is 5.58. The van der Waals surface area contributed by atoms with Crippen molar-refractivity contribution >= 4 is 11.6 Å². The largest absolute Gasteiger partial charge is 0.388 e. The molecule has 1 aromatic carbocycles. The number of aliphatic hydroxyl groups excluding tert-OH is 1. The topological polar surface area (TPSA) is 29.5 Å². The molecule has 0 aromatic heterocycles. The predicted molar refractivity (Wildman–Crippen MR) is 62.1 cm³/mol. The van der Waals surface area contributed by atoms with Crippen LogP contribution < -0.4 is 0 Å². The molecule has 0 fully saturated rings. The molecule has 1 rings (SSSR count). The zero-order valence-electron chi connectivity index (χ0n) is 9.41. The lowest BCUT2D eigenvalue weighted by Crippen LogP contribution is -2.08. The van der Waals surface area contributed by atoms with Crippen LogP contribution in [0.4, 0.5) is 4.39 Å². The lowest BCUT2D eigenvalue weighted by atomic mass is 10.0. The smallest absolute Gasteiger partial charge is 0.130 e. The molecule has 0 aliphatic carbocycles. The van der Waals surface area contributed by atoms with E-state index in [-0.39, 0.29) is 11.7 Å². The van der Waals surface area contributed by atoms with Crippen molar-refractivity contribution in [1.29, 1.82) is 0 Å². The molecule has 0 heterocycles. The van der Waals surface area contributed by atoms with E-state index in [1.807, 2.05) is 6.92 Å². The van der Waals surface area contributed by atoms with Crippen molar-refractivity contribution in [3.05, 3.63) is 34.6 Å². The van der Waals surface area contributed by atoms with Crippen LogP contribution in [-0.2, 0) is 4.74 Å². The van der Waals surface area contributed by atoms with Gasteiger partial charge < -0.3 is 9.84 Å². The van der Waals surface area contributed by atoms with Crippen molar-refractivity contribution in [1.82, 2.24) is 0 Å². The minimum atomic E-state index is -0.810. The van der Waals surface area contributed by atoms with E-state index in [4.69, 9.17) is 16.3 Å². The molecular weight excluding hydrogens is 231 g/mol. The Kier molecular flexibility index (Phi) is 5.19. The summed E-state index contributed by atoms with van der Waals surface area (Å²) >= 11 is 5.63. The molecule has 4 heteroatoms. The molecule has 1 aromatic rings. The van der Waals surface area contributed by atoms with Gasteiger partial charge in [-0.2, -0.15) is 0 Å². The molecule has 90 valence electrons. The second-order valence-corrected chi connectivity index (χ2v) is 4.24. The highest BCUT2D eigenvalue weighted by molar-refractivity contribution is 6.30. The van der Waals surface area contributed by atoms with Crippen LogP contribution in [0.25, 0.3) is 0 Å². The van der Waals surface area contributed by atoms with Gasteiger partial charge in [-0.25, -0.2) is 4.39 Å². The molecule has 0 aliphatic rings. The summed E-state index contributed by atoms with van der Waals surface area (Å²) in [5.74, 6) is -0.468. The molecule has 0 saturated carbocycles. The van der Waals surface area contributed by atoms with E-state index < -0.39 is 11.9 Å². The molecule has 2 nitrogen and oxygen atoms in total. The average molecular weight is 247 g/mol. The number of aliphatic hydroxyl groups is 1. The minimum absolute atomic E-state index is 0.0602. The van der Waals surface area contributed by atoms with Crippen molar-refractivity contribution in [2.75, 3.05) is 7.11 Å². The van der Waals surface area contributed by atoms with E-state index in [9.17, 15) is 9.50 Å². The van der Waals surface area contributed by atoms with Crippen molar-refractivity contribution in [2.24, 2.45) is 0 Å². The van der Waals surface area contributed by atoms with Crippen LogP contribution in [0.15, 0.2) is 18.2 Å². The van der Waals surface area contributed by atoms with Gasteiger partial charge in [0.15, 0.2) is 0 Å². The van der Waals surface area contributed by atoms with Gasteiger partial charge in [-0.15, -0.1) is 0 Å². The third kappa shape index (κ3) is 3.74. The van der Waals surface area contributed by atoms with E-state index in [0.717, 1.165) is 0 Å². The van der Waals surface area contributed by atoms with Gasteiger partial charge in [0.05, 0.1) is 12.2 Å². The Bertz CT molecular complexity index is 344. The van der Waals surface area contributed by atoms with E-state index >= 15 is 0 Å². The lowest BCUT2D eigenvalue weighted by Gasteiger charge is -2.14. The van der Waals surface area contributed by atoms with Crippen molar-refractivity contribution < 1.29 is 14.2 Å². The van der Waals surface area contributed by atoms with Crippen LogP contribution >= 0.6 is 11.6 Å². The first-order chi connectivity index (χ1) is 7.54. The maximum Gasteiger partial charge on any atom is 0.130 e. The molecule has 0 aliphatic heterocycles. The number of halogens is 2. The number of hydrogen-bond acceptors (Lipinski definition) is 2. The number of methoxy groups -OCH3 is 1. The predicted octanol–water partition coefficient (Wildman–Crippen LogP) is 3.33. The van der Waals surface area contributed by atoms with Crippen LogP contribution in [0.3, 0.4) is 0 Å². The summed E-state index contributed by atoms with van der Waals surface area (Å²) in [6, 6.07) is 4.29. The first kappa shape index (κ1) is 13.4. The van der Waals surface area contributed by atoms with E-state index in [0.29, 0.717) is 17.9 Å². The van der Waals surface area contributed by atoms with Crippen molar-refractivity contribution in [2.45, 2.75) is 32.0 Å². The first-order valence-electron chi connectivity index (χ1n) is 5.20. The van der Waals surface area contributed by atoms with Crippen LogP contribution in [0.1, 0.15) is 31.4 Å². The van der Waals surface area contributed by atoms with Crippen molar-refractivity contribution in [3.8, 4) is 0 Å². The summed E-state index contributed by atoms with van der Waals surface area (Å²) in [6.45, 7) is 1.91. The number of benzene rings is 1. The zero-order valence-corrected chi connectivity index (χ0v) is 10.2. The molecule has 2 atom stereocenters. The average Bonchev–Trinajstić information content (AvgIpc) is 2.25. The lowest BCUT2D eigenvalue weighted by molar-refractivity contribution is 0.0841. The molecule has 0 amide bonds. The van der Waals surface area contributed by atoms with E-state index in [1.165, 1.54) is 12.1 Å². The van der Waals surface area contributed by atoms with Crippen LogP contribution in [0.5, 0.6) is 0 Å². The highest BCUT2D eigenvalue weighted by Crippen LogP contribution is 2.24. The normalized spacial score (nSPS) is 14.8. The van der Waals surface area contributed by atoms with Gasteiger partial charge in [-0.1, -0.05) is 17.7 Å². The summed E-state index contributed by atoms with van der Waals surface area (Å²) in [7, 11) is 1.61. The fraction of sp³-hybridized carbons (Fsp3) is 0.500. The molecule has 0 saturated heterocycles. The highest BCUT2D eigenvalue weighted by Gasteiger charge is 2.14. The van der Waals surface area contributed by atoms with Gasteiger partial charge >= 0.3 is 0 Å². The second-order valence-electron chi connectivity index (χ2n) is 3.81. The Morgan fingerprint density at radius 2 is 2.12 bits per heavy atom. The maximum absolute atomic E-state index is 13.4. The third-order valence-corrected chi connectivity index (χ3v) is 2.81. The van der Waals surface area contributed by atoms with Gasteiger partial charge in [0.2, 0.25) is 0 Å². The molecular formula is C12H16ClFO2. The van der Waals surface area contributed by atoms with Crippen molar-refractivity contribution in [3.63, 3.8) is 0 Å². The monoisotopic (exact) mass is 246 g/mol. The fourth-order valence-electron chi connectivity index (χ4n) is 1.44. The number of rotatable bonds is 5. The summed E-state index contributed by atoms with van der Waals surface area (Å²) in [5, 5.41) is 10.1. The molecule has 0 bridgehead atoms. The Balaban J connectivity index is 2.62. The molecule has 16 heavy (non-hydrogen) atoms. The van der Waals surface area contributed by atoms with E-state index in [1.54, 1.807) is 13.2 Å². The summed E-state index contributed by atoms with van der Waals surface area (Å²) in [5.41, 5.74) is 0.285. The van der Waals surface area contributed by atoms with Gasteiger partial charge in [0, 0.05) is 17.7 Å². The maximum atomic E-state index is 13.4. The Labute approximate surface area is 100.0 Å². The molecule has 2 unspecified atom stereocenters.